The molecule has 3 nitrogen and oxygen atoms in total. The third-order valence-electron chi connectivity index (χ3n) is 1.70. The van der Waals surface area contributed by atoms with Crippen molar-refractivity contribution in [2.24, 2.45) is 0 Å². The zero-order chi connectivity index (χ0) is 11.3. The number of carboxylic acids is 1. The molecule has 0 aromatic carbocycles. The van der Waals surface area contributed by atoms with Crippen molar-refractivity contribution in [2.45, 2.75) is 6.54 Å². The Morgan fingerprint density at radius 3 is 2.93 bits per heavy atom. The van der Waals surface area contributed by atoms with Crippen LogP contribution in [0.15, 0.2) is 15.2 Å². The van der Waals surface area contributed by atoms with Crippen molar-refractivity contribution in [1.82, 2.24) is 4.90 Å². The van der Waals surface area contributed by atoms with Crippen LogP contribution in [0.4, 0.5) is 0 Å². The molecule has 0 aliphatic carbocycles. The second kappa shape index (κ2) is 5.91. The third-order valence-corrected chi connectivity index (χ3v) is 3.25. The summed E-state index contributed by atoms with van der Waals surface area (Å²) >= 11 is 4.93. The molecular formula is C10H10BrNO2S. The summed E-state index contributed by atoms with van der Waals surface area (Å²) in [6.45, 7) is 0.885. The molecule has 0 amide bonds. The standard InChI is InChI=1S/C10H10BrNO2S/c1-2-3-12(6-10(13)14)5-8-4-9(11)15-7-8/h1,4,7H,3,5-6H2,(H,13,14). The first-order chi connectivity index (χ1) is 7.11. The lowest BCUT2D eigenvalue weighted by Gasteiger charge is -2.15. The smallest absolute Gasteiger partial charge is 0.317 e. The molecule has 0 atom stereocenters. The van der Waals surface area contributed by atoms with E-state index in [1.165, 1.54) is 0 Å². The summed E-state index contributed by atoms with van der Waals surface area (Å²) in [6.07, 6.45) is 5.17. The predicted molar refractivity (Wildman–Crippen MR) is 63.8 cm³/mol. The number of nitrogens with zero attached hydrogens (tertiary/aromatic N) is 1. The lowest BCUT2D eigenvalue weighted by Crippen LogP contribution is -2.29. The van der Waals surface area contributed by atoms with Gasteiger partial charge in [-0.25, -0.2) is 0 Å². The molecule has 0 bridgehead atoms. The number of thiophene rings is 1. The number of halogens is 1. The average molecular weight is 288 g/mol. The second-order valence-corrected chi connectivity index (χ2v) is 5.29. The van der Waals surface area contributed by atoms with Crippen molar-refractivity contribution in [3.05, 3.63) is 20.8 Å². The van der Waals surface area contributed by atoms with Crippen molar-refractivity contribution >= 4 is 33.2 Å². The van der Waals surface area contributed by atoms with Gasteiger partial charge in [-0.15, -0.1) is 17.8 Å². The van der Waals surface area contributed by atoms with E-state index in [0.717, 1.165) is 9.35 Å². The lowest BCUT2D eigenvalue weighted by molar-refractivity contribution is -0.138. The Kier molecular flexibility index (Phi) is 4.82. The first-order valence-corrected chi connectivity index (χ1v) is 5.89. The van der Waals surface area contributed by atoms with Crippen LogP contribution in [-0.4, -0.2) is 29.1 Å². The number of rotatable bonds is 5. The maximum Gasteiger partial charge on any atom is 0.317 e. The molecule has 1 aromatic heterocycles. The van der Waals surface area contributed by atoms with E-state index in [2.05, 4.69) is 21.9 Å². The van der Waals surface area contributed by atoms with E-state index < -0.39 is 5.97 Å². The number of hydrogen-bond acceptors (Lipinski definition) is 3. The van der Waals surface area contributed by atoms with E-state index in [9.17, 15) is 4.79 Å². The van der Waals surface area contributed by atoms with Crippen LogP contribution in [-0.2, 0) is 11.3 Å². The van der Waals surface area contributed by atoms with Gasteiger partial charge >= 0.3 is 5.97 Å². The Morgan fingerprint density at radius 1 is 1.73 bits per heavy atom. The summed E-state index contributed by atoms with van der Waals surface area (Å²) in [5.41, 5.74) is 1.07. The number of hydrogen-bond donors (Lipinski definition) is 1. The maximum absolute atomic E-state index is 10.6. The van der Waals surface area contributed by atoms with E-state index in [1.54, 1.807) is 16.2 Å². The molecule has 0 spiro atoms. The number of carbonyl (C=O) groups is 1. The molecule has 1 rings (SSSR count). The molecule has 0 saturated heterocycles. The lowest BCUT2D eigenvalue weighted by atomic mass is 10.3. The van der Waals surface area contributed by atoms with Crippen molar-refractivity contribution < 1.29 is 9.90 Å². The van der Waals surface area contributed by atoms with E-state index in [-0.39, 0.29) is 6.54 Å². The van der Waals surface area contributed by atoms with Gasteiger partial charge in [-0.3, -0.25) is 9.69 Å². The van der Waals surface area contributed by atoms with E-state index >= 15 is 0 Å². The van der Waals surface area contributed by atoms with Crippen LogP contribution in [0.1, 0.15) is 5.56 Å². The van der Waals surface area contributed by atoms with E-state index in [0.29, 0.717) is 13.1 Å². The van der Waals surface area contributed by atoms with Gasteiger partial charge in [0.2, 0.25) is 0 Å². The molecule has 0 aliphatic rings. The first kappa shape index (κ1) is 12.2. The second-order valence-electron chi connectivity index (χ2n) is 3.00. The number of carboxylic acid groups (broad SMARTS) is 1. The molecule has 1 aromatic rings. The van der Waals surface area contributed by atoms with Gasteiger partial charge in [0.25, 0.3) is 0 Å². The summed E-state index contributed by atoms with van der Waals surface area (Å²) in [5.74, 6) is 1.59. The topological polar surface area (TPSA) is 40.5 Å². The Morgan fingerprint density at radius 2 is 2.47 bits per heavy atom. The summed E-state index contributed by atoms with van der Waals surface area (Å²) in [4.78, 5) is 12.3. The molecule has 1 N–H and O–H groups in total. The van der Waals surface area contributed by atoms with Crippen molar-refractivity contribution in [2.75, 3.05) is 13.1 Å². The fourth-order valence-electron chi connectivity index (χ4n) is 1.17. The highest BCUT2D eigenvalue weighted by Crippen LogP contribution is 2.21. The summed E-state index contributed by atoms with van der Waals surface area (Å²) in [7, 11) is 0. The molecule has 1 heterocycles. The van der Waals surface area contributed by atoms with Crippen molar-refractivity contribution in [3.63, 3.8) is 0 Å². The maximum atomic E-state index is 10.6. The van der Waals surface area contributed by atoms with Crippen LogP contribution < -0.4 is 0 Å². The van der Waals surface area contributed by atoms with Gasteiger partial charge in [0, 0.05) is 6.54 Å². The monoisotopic (exact) mass is 287 g/mol. The van der Waals surface area contributed by atoms with Gasteiger partial charge in [-0.2, -0.15) is 0 Å². The highest BCUT2D eigenvalue weighted by atomic mass is 79.9. The fraction of sp³-hybridized carbons (Fsp3) is 0.300. The average Bonchev–Trinajstić information content (AvgIpc) is 2.50. The van der Waals surface area contributed by atoms with Crippen LogP contribution in [0.5, 0.6) is 0 Å². The first-order valence-electron chi connectivity index (χ1n) is 4.22. The fourth-order valence-corrected chi connectivity index (χ4v) is 2.38. The van der Waals surface area contributed by atoms with Crippen LogP contribution in [0.25, 0.3) is 0 Å². The number of terminal acetylenes is 1. The van der Waals surface area contributed by atoms with Gasteiger partial charge in [0.1, 0.15) is 0 Å². The van der Waals surface area contributed by atoms with Gasteiger partial charge in [0.15, 0.2) is 0 Å². The molecule has 15 heavy (non-hydrogen) atoms. The minimum atomic E-state index is -0.862. The third kappa shape index (κ3) is 4.47. The molecular weight excluding hydrogens is 278 g/mol. The molecule has 0 saturated carbocycles. The van der Waals surface area contributed by atoms with Crippen molar-refractivity contribution in [1.29, 1.82) is 0 Å². The Balaban J connectivity index is 2.58. The molecule has 80 valence electrons. The zero-order valence-electron chi connectivity index (χ0n) is 7.94. The largest absolute Gasteiger partial charge is 0.480 e. The summed E-state index contributed by atoms with van der Waals surface area (Å²) < 4.78 is 1.04. The molecule has 0 radical (unpaired) electrons. The Labute approximate surface area is 101 Å². The van der Waals surface area contributed by atoms with Crippen molar-refractivity contribution in [3.8, 4) is 12.3 Å². The predicted octanol–water partition coefficient (Wildman–Crippen LogP) is 2.03. The van der Waals surface area contributed by atoms with Crippen LogP contribution in [0, 0.1) is 12.3 Å². The minimum Gasteiger partial charge on any atom is -0.480 e. The normalized spacial score (nSPS) is 10.2. The van der Waals surface area contributed by atoms with E-state index in [4.69, 9.17) is 11.5 Å². The zero-order valence-corrected chi connectivity index (χ0v) is 10.3. The molecule has 0 fully saturated rings. The SMILES string of the molecule is C#CCN(CC(=O)O)Cc1csc(Br)c1. The van der Waals surface area contributed by atoms with Crippen LogP contribution in [0.3, 0.4) is 0 Å². The van der Waals surface area contributed by atoms with Gasteiger partial charge in [-0.05, 0) is 32.9 Å². The molecule has 5 heteroatoms. The number of aliphatic carboxylic acids is 1. The van der Waals surface area contributed by atoms with Crippen LogP contribution in [0.2, 0.25) is 0 Å². The van der Waals surface area contributed by atoms with Crippen LogP contribution >= 0.6 is 27.3 Å². The Hall–Kier alpha value is -0.830. The molecule has 0 aliphatic heterocycles. The van der Waals surface area contributed by atoms with Gasteiger partial charge in [-0.1, -0.05) is 5.92 Å². The Bertz CT molecular complexity index is 383. The quantitative estimate of drug-likeness (QED) is 0.843. The molecule has 0 unspecified atom stereocenters. The van der Waals surface area contributed by atoms with Gasteiger partial charge in [0.05, 0.1) is 16.9 Å². The minimum absolute atomic E-state index is 0.0301. The summed E-state index contributed by atoms with van der Waals surface area (Å²) in [5, 5.41) is 10.7. The van der Waals surface area contributed by atoms with Gasteiger partial charge < -0.3 is 5.11 Å². The highest BCUT2D eigenvalue weighted by molar-refractivity contribution is 9.11. The highest BCUT2D eigenvalue weighted by Gasteiger charge is 2.09. The summed E-state index contributed by atoms with van der Waals surface area (Å²) in [6, 6.07) is 1.97. The van der Waals surface area contributed by atoms with E-state index in [1.807, 2.05) is 11.4 Å².